The predicted octanol–water partition coefficient (Wildman–Crippen LogP) is 3.44. The second-order valence-corrected chi connectivity index (χ2v) is 6.68. The van der Waals surface area contributed by atoms with E-state index < -0.39 is 17.1 Å². The maximum absolute atomic E-state index is 12.2. The minimum atomic E-state index is -0.598. The van der Waals surface area contributed by atoms with Gasteiger partial charge in [-0.3, -0.25) is 19.3 Å². The van der Waals surface area contributed by atoms with Gasteiger partial charge in [0, 0.05) is 4.47 Å². The van der Waals surface area contributed by atoms with Gasteiger partial charge >= 0.3 is 5.97 Å². The molecule has 0 N–H and O–H groups in total. The molecule has 0 aliphatic carbocycles. The summed E-state index contributed by atoms with van der Waals surface area (Å²) in [6.45, 7) is 3.05. The van der Waals surface area contributed by atoms with Crippen LogP contribution >= 0.6 is 27.7 Å². The van der Waals surface area contributed by atoms with E-state index in [0.29, 0.717) is 0 Å². The molecule has 0 aromatic heterocycles. The van der Waals surface area contributed by atoms with Crippen molar-refractivity contribution in [3.05, 3.63) is 39.2 Å². The Morgan fingerprint density at radius 3 is 2.68 bits per heavy atom. The summed E-state index contributed by atoms with van der Waals surface area (Å²) in [5.74, 6) is -1.08. The van der Waals surface area contributed by atoms with Gasteiger partial charge in [-0.05, 0) is 43.3 Å². The molecule has 0 unspecified atom stereocenters. The van der Waals surface area contributed by atoms with E-state index in [2.05, 4.69) is 15.9 Å². The Morgan fingerprint density at radius 1 is 1.36 bits per heavy atom. The Labute approximate surface area is 140 Å². The first-order chi connectivity index (χ1) is 10.4. The van der Waals surface area contributed by atoms with Gasteiger partial charge in [0.15, 0.2) is 0 Å². The highest BCUT2D eigenvalue weighted by Gasteiger charge is 2.36. The van der Waals surface area contributed by atoms with Crippen LogP contribution in [0.15, 0.2) is 33.6 Å². The smallest absolute Gasteiger partial charge is 0.326 e. The average Bonchev–Trinajstić information content (AvgIpc) is 2.68. The van der Waals surface area contributed by atoms with Crippen LogP contribution in [0.2, 0.25) is 0 Å². The van der Waals surface area contributed by atoms with E-state index in [4.69, 9.17) is 4.74 Å². The highest BCUT2D eigenvalue weighted by atomic mass is 79.9. The predicted molar refractivity (Wildman–Crippen MR) is 88.0 cm³/mol. The SMILES string of the molecule is CC(C)OC(=O)CN1C(=O)S/C(=C\c2ccccc2Br)C1=O. The van der Waals surface area contributed by atoms with Crippen LogP contribution in [-0.4, -0.2) is 34.7 Å². The molecule has 22 heavy (non-hydrogen) atoms. The number of benzene rings is 1. The number of hydrogen-bond donors (Lipinski definition) is 0. The topological polar surface area (TPSA) is 63.7 Å². The van der Waals surface area contributed by atoms with Crippen LogP contribution in [0.25, 0.3) is 6.08 Å². The molecular formula is C15H14BrNO4S. The number of ether oxygens (including phenoxy) is 1. The molecule has 1 aromatic carbocycles. The molecule has 0 bridgehead atoms. The van der Waals surface area contributed by atoms with E-state index in [-0.39, 0.29) is 17.6 Å². The number of thioether (sulfide) groups is 1. The molecular weight excluding hydrogens is 370 g/mol. The normalized spacial score (nSPS) is 16.7. The standard InChI is InChI=1S/C15H14BrNO4S/c1-9(2)21-13(18)8-17-14(19)12(22-15(17)20)7-10-5-3-4-6-11(10)16/h3-7,9H,8H2,1-2H3/b12-7-. The number of hydrogen-bond acceptors (Lipinski definition) is 5. The Bertz CT molecular complexity index is 657. The first kappa shape index (κ1) is 16.8. The highest BCUT2D eigenvalue weighted by molar-refractivity contribution is 9.10. The number of amides is 2. The number of carbonyl (C=O) groups excluding carboxylic acids is 3. The van der Waals surface area contributed by atoms with Crippen molar-refractivity contribution in [3.8, 4) is 0 Å². The van der Waals surface area contributed by atoms with Gasteiger partial charge in [0.05, 0.1) is 11.0 Å². The molecule has 1 fully saturated rings. The number of imide groups is 1. The molecule has 0 saturated carbocycles. The fourth-order valence-corrected chi connectivity index (χ4v) is 3.03. The molecule has 2 rings (SSSR count). The van der Waals surface area contributed by atoms with E-state index in [1.807, 2.05) is 24.3 Å². The van der Waals surface area contributed by atoms with Gasteiger partial charge in [0.2, 0.25) is 0 Å². The van der Waals surface area contributed by atoms with Gasteiger partial charge in [-0.1, -0.05) is 34.1 Å². The van der Waals surface area contributed by atoms with Gasteiger partial charge < -0.3 is 4.74 Å². The van der Waals surface area contributed by atoms with E-state index in [9.17, 15) is 14.4 Å². The number of rotatable bonds is 4. The van der Waals surface area contributed by atoms with E-state index in [1.54, 1.807) is 19.9 Å². The van der Waals surface area contributed by atoms with Crippen molar-refractivity contribution in [3.63, 3.8) is 0 Å². The monoisotopic (exact) mass is 383 g/mol. The van der Waals surface area contributed by atoms with Gasteiger partial charge in [-0.2, -0.15) is 0 Å². The molecule has 1 aliphatic heterocycles. The lowest BCUT2D eigenvalue weighted by molar-refractivity contribution is -0.149. The highest BCUT2D eigenvalue weighted by Crippen LogP contribution is 2.33. The first-order valence-corrected chi connectivity index (χ1v) is 8.19. The van der Waals surface area contributed by atoms with Crippen molar-refractivity contribution in [1.82, 2.24) is 4.90 Å². The number of halogens is 1. The summed E-state index contributed by atoms with van der Waals surface area (Å²) >= 11 is 4.20. The van der Waals surface area contributed by atoms with Gasteiger partial charge in [-0.15, -0.1) is 0 Å². The number of esters is 1. The summed E-state index contributed by atoms with van der Waals surface area (Å²) in [5, 5.41) is -0.469. The van der Waals surface area contributed by atoms with Crippen molar-refractivity contribution < 1.29 is 19.1 Å². The van der Waals surface area contributed by atoms with Gasteiger partial charge in [-0.25, -0.2) is 0 Å². The van der Waals surface area contributed by atoms with Crippen LogP contribution in [0, 0.1) is 0 Å². The first-order valence-electron chi connectivity index (χ1n) is 6.58. The van der Waals surface area contributed by atoms with Crippen LogP contribution in [0.5, 0.6) is 0 Å². The van der Waals surface area contributed by atoms with Crippen molar-refractivity contribution in [1.29, 1.82) is 0 Å². The van der Waals surface area contributed by atoms with Crippen LogP contribution < -0.4 is 0 Å². The molecule has 0 radical (unpaired) electrons. The zero-order valence-electron chi connectivity index (χ0n) is 12.0. The summed E-state index contributed by atoms with van der Waals surface area (Å²) in [7, 11) is 0. The lowest BCUT2D eigenvalue weighted by Gasteiger charge is -2.13. The lowest BCUT2D eigenvalue weighted by Crippen LogP contribution is -2.35. The Morgan fingerprint density at radius 2 is 2.05 bits per heavy atom. The van der Waals surface area contributed by atoms with Crippen molar-refractivity contribution in [2.24, 2.45) is 0 Å². The van der Waals surface area contributed by atoms with E-state index in [0.717, 1.165) is 26.7 Å². The summed E-state index contributed by atoms with van der Waals surface area (Å²) in [5.41, 5.74) is 0.790. The summed E-state index contributed by atoms with van der Waals surface area (Å²) < 4.78 is 5.78. The average molecular weight is 384 g/mol. The van der Waals surface area contributed by atoms with Crippen molar-refractivity contribution >= 4 is 50.9 Å². The number of carbonyl (C=O) groups is 3. The number of nitrogens with zero attached hydrogens (tertiary/aromatic N) is 1. The molecule has 0 atom stereocenters. The Balaban J connectivity index is 2.15. The van der Waals surface area contributed by atoms with Crippen LogP contribution in [0.4, 0.5) is 4.79 Å². The Hall–Kier alpha value is -1.60. The Kier molecular flexibility index (Phi) is 5.42. The summed E-state index contributed by atoms with van der Waals surface area (Å²) in [6.07, 6.45) is 1.34. The molecule has 116 valence electrons. The van der Waals surface area contributed by atoms with E-state index >= 15 is 0 Å². The maximum atomic E-state index is 12.2. The molecule has 1 saturated heterocycles. The third-order valence-electron chi connectivity index (χ3n) is 2.72. The third kappa shape index (κ3) is 3.98. The quantitative estimate of drug-likeness (QED) is 0.588. The third-order valence-corrected chi connectivity index (χ3v) is 4.35. The fourth-order valence-electron chi connectivity index (χ4n) is 1.80. The molecule has 5 nitrogen and oxygen atoms in total. The minimum Gasteiger partial charge on any atom is -0.462 e. The van der Waals surface area contributed by atoms with Crippen LogP contribution in [0.1, 0.15) is 19.4 Å². The van der Waals surface area contributed by atoms with E-state index in [1.165, 1.54) is 0 Å². The molecule has 1 aromatic rings. The van der Waals surface area contributed by atoms with Crippen LogP contribution in [-0.2, 0) is 14.3 Å². The molecule has 1 heterocycles. The second kappa shape index (κ2) is 7.11. The summed E-state index contributed by atoms with van der Waals surface area (Å²) in [4.78, 5) is 36.9. The van der Waals surface area contributed by atoms with Crippen molar-refractivity contribution in [2.75, 3.05) is 6.54 Å². The molecule has 0 spiro atoms. The van der Waals surface area contributed by atoms with Crippen LogP contribution in [0.3, 0.4) is 0 Å². The maximum Gasteiger partial charge on any atom is 0.326 e. The zero-order chi connectivity index (χ0) is 16.3. The lowest BCUT2D eigenvalue weighted by atomic mass is 10.2. The van der Waals surface area contributed by atoms with Gasteiger partial charge in [0.25, 0.3) is 11.1 Å². The minimum absolute atomic E-state index is 0.286. The largest absolute Gasteiger partial charge is 0.462 e. The fraction of sp³-hybridized carbons (Fsp3) is 0.267. The van der Waals surface area contributed by atoms with Crippen molar-refractivity contribution in [2.45, 2.75) is 20.0 Å². The molecule has 2 amide bonds. The zero-order valence-corrected chi connectivity index (χ0v) is 14.4. The summed E-state index contributed by atoms with van der Waals surface area (Å²) in [6, 6.07) is 7.36. The molecule has 1 aliphatic rings. The molecule has 7 heteroatoms. The second-order valence-electron chi connectivity index (χ2n) is 4.83. The van der Waals surface area contributed by atoms with Gasteiger partial charge in [0.1, 0.15) is 6.54 Å².